The van der Waals surface area contributed by atoms with Gasteiger partial charge in [0.1, 0.15) is 6.33 Å². The highest BCUT2D eigenvalue weighted by Gasteiger charge is 2.17. The van der Waals surface area contributed by atoms with Crippen molar-refractivity contribution in [1.29, 1.82) is 0 Å². The molecule has 6 nitrogen and oxygen atoms in total. The number of aryl methyl sites for hydroxylation is 1. The maximum Gasteiger partial charge on any atom is 0.376 e. The number of hydrogen-bond acceptors (Lipinski definition) is 5. The number of rotatable bonds is 8. The van der Waals surface area contributed by atoms with Gasteiger partial charge in [0, 0.05) is 0 Å². The Morgan fingerprint density at radius 2 is 2.21 bits per heavy atom. The number of aliphatic hydroxyl groups is 1. The lowest BCUT2D eigenvalue weighted by Gasteiger charge is -2.12. The second kappa shape index (κ2) is 9.01. The Balaban J connectivity index is 1.86. The van der Waals surface area contributed by atoms with E-state index in [1.165, 1.54) is 11.0 Å². The number of benzene rings is 1. The van der Waals surface area contributed by atoms with Crippen molar-refractivity contribution in [2.24, 2.45) is 0 Å². The van der Waals surface area contributed by atoms with Crippen LogP contribution in [0.3, 0.4) is 0 Å². The van der Waals surface area contributed by atoms with Gasteiger partial charge in [0.15, 0.2) is 0 Å². The normalized spacial score (nSPS) is 12.2. The molecule has 1 N–H and O–H groups in total. The van der Waals surface area contributed by atoms with Crippen LogP contribution in [0.5, 0.6) is 0 Å². The molecular weight excluding hydrogens is 353 g/mol. The number of aliphatic hydroxyl groups excluding tert-OH is 1. The average Bonchev–Trinajstić information content (AvgIpc) is 3.00. The van der Waals surface area contributed by atoms with Gasteiger partial charge in [-0.3, -0.25) is 0 Å². The average molecular weight is 372 g/mol. The largest absolute Gasteiger partial charge is 0.460 e. The molecule has 1 heterocycles. The summed E-state index contributed by atoms with van der Waals surface area (Å²) in [4.78, 5) is 15.6. The first kappa shape index (κ1) is 18.7. The molecule has 1 unspecified atom stereocenters. The molecule has 0 bridgehead atoms. The molecule has 8 heteroatoms. The number of aromatic nitrogens is 3. The fraction of sp³-hybridized carbons (Fsp3) is 0.438. The lowest BCUT2D eigenvalue weighted by Crippen LogP contribution is -2.22. The van der Waals surface area contributed by atoms with Crippen LogP contribution in [0.15, 0.2) is 24.5 Å². The number of esters is 1. The van der Waals surface area contributed by atoms with Crippen LogP contribution in [0.2, 0.25) is 10.0 Å². The van der Waals surface area contributed by atoms with Gasteiger partial charge in [-0.1, -0.05) is 35.3 Å². The number of hydrogen-bond donors (Lipinski definition) is 1. The maximum atomic E-state index is 11.7. The lowest BCUT2D eigenvalue weighted by molar-refractivity contribution is 0.0497. The van der Waals surface area contributed by atoms with Gasteiger partial charge in [-0.2, -0.15) is 5.10 Å². The third-order valence-corrected chi connectivity index (χ3v) is 4.33. The molecule has 24 heavy (non-hydrogen) atoms. The van der Waals surface area contributed by atoms with Crippen molar-refractivity contribution in [2.75, 3.05) is 6.61 Å². The van der Waals surface area contributed by atoms with Crippen LogP contribution in [-0.4, -0.2) is 38.6 Å². The van der Waals surface area contributed by atoms with Gasteiger partial charge in [-0.25, -0.2) is 14.5 Å². The number of ether oxygens (including phenoxy) is 1. The zero-order valence-corrected chi connectivity index (χ0v) is 14.8. The predicted octanol–water partition coefficient (Wildman–Crippen LogP) is 3.15. The summed E-state index contributed by atoms with van der Waals surface area (Å²) in [5.41, 5.74) is 0.948. The fourth-order valence-corrected chi connectivity index (χ4v) is 2.73. The van der Waals surface area contributed by atoms with Crippen molar-refractivity contribution in [3.05, 3.63) is 46.0 Å². The molecule has 2 aromatic rings. The van der Waals surface area contributed by atoms with Gasteiger partial charge in [-0.15, -0.1) is 0 Å². The van der Waals surface area contributed by atoms with Crippen molar-refractivity contribution < 1.29 is 14.6 Å². The minimum Gasteiger partial charge on any atom is -0.460 e. The molecule has 1 aromatic heterocycles. The van der Waals surface area contributed by atoms with Gasteiger partial charge in [-0.05, 0) is 37.8 Å². The Hall–Kier alpha value is -1.63. The molecule has 0 saturated heterocycles. The van der Waals surface area contributed by atoms with Crippen LogP contribution >= 0.6 is 23.2 Å². The van der Waals surface area contributed by atoms with Gasteiger partial charge in [0.25, 0.3) is 0 Å². The standard InChI is InChI=1S/C16H19Cl2N3O3/c1-2-24-16(23)15-19-10-20-21(15)9-12(22)7-3-5-11-6-4-8-13(17)14(11)18/h4,6,8,10,12,22H,2-3,5,7,9H2,1H3. The number of nitrogens with zero attached hydrogens (tertiary/aromatic N) is 3. The first-order valence-corrected chi connectivity index (χ1v) is 8.44. The van der Waals surface area contributed by atoms with Gasteiger partial charge >= 0.3 is 5.97 Å². The van der Waals surface area contributed by atoms with E-state index in [-0.39, 0.29) is 19.0 Å². The Morgan fingerprint density at radius 3 is 2.96 bits per heavy atom. The van der Waals surface area contributed by atoms with E-state index in [1.807, 2.05) is 12.1 Å². The predicted molar refractivity (Wildman–Crippen MR) is 91.4 cm³/mol. The third kappa shape index (κ3) is 4.93. The minimum atomic E-state index is -0.655. The fourth-order valence-electron chi connectivity index (χ4n) is 2.31. The summed E-state index contributed by atoms with van der Waals surface area (Å²) in [6.07, 6.45) is 2.58. The number of carbonyl (C=O) groups excluding carboxylic acids is 1. The highest BCUT2D eigenvalue weighted by molar-refractivity contribution is 6.42. The van der Waals surface area contributed by atoms with E-state index in [1.54, 1.807) is 13.0 Å². The summed E-state index contributed by atoms with van der Waals surface area (Å²) >= 11 is 12.1. The second-order valence-corrected chi connectivity index (χ2v) is 6.03. The van der Waals surface area contributed by atoms with Crippen molar-refractivity contribution in [2.45, 2.75) is 38.8 Å². The zero-order valence-electron chi connectivity index (χ0n) is 13.3. The lowest BCUT2D eigenvalue weighted by atomic mass is 10.1. The monoisotopic (exact) mass is 371 g/mol. The molecule has 0 amide bonds. The van der Waals surface area contributed by atoms with E-state index < -0.39 is 12.1 Å². The van der Waals surface area contributed by atoms with Crippen molar-refractivity contribution >= 4 is 29.2 Å². The van der Waals surface area contributed by atoms with E-state index in [4.69, 9.17) is 27.9 Å². The van der Waals surface area contributed by atoms with E-state index in [0.29, 0.717) is 22.9 Å². The van der Waals surface area contributed by atoms with Crippen LogP contribution in [0.1, 0.15) is 35.9 Å². The summed E-state index contributed by atoms with van der Waals surface area (Å²) < 4.78 is 6.26. The summed E-state index contributed by atoms with van der Waals surface area (Å²) in [5.74, 6) is -0.457. The van der Waals surface area contributed by atoms with Crippen LogP contribution in [0.25, 0.3) is 0 Å². The molecule has 0 spiro atoms. The highest BCUT2D eigenvalue weighted by Crippen LogP contribution is 2.26. The Morgan fingerprint density at radius 1 is 1.42 bits per heavy atom. The van der Waals surface area contributed by atoms with Crippen LogP contribution in [0.4, 0.5) is 0 Å². The molecule has 1 atom stereocenters. The molecule has 0 aliphatic rings. The zero-order chi connectivity index (χ0) is 17.5. The summed E-state index contributed by atoms with van der Waals surface area (Å²) in [6.45, 7) is 2.15. The topological polar surface area (TPSA) is 77.2 Å². The SMILES string of the molecule is CCOC(=O)c1ncnn1CC(O)CCCc1cccc(Cl)c1Cl. The second-order valence-electron chi connectivity index (χ2n) is 5.25. The first-order valence-electron chi connectivity index (χ1n) is 7.68. The molecule has 0 saturated carbocycles. The van der Waals surface area contributed by atoms with Crippen molar-refractivity contribution in [3.63, 3.8) is 0 Å². The number of halogens is 2. The summed E-state index contributed by atoms with van der Waals surface area (Å²) in [5, 5.41) is 15.2. The van der Waals surface area contributed by atoms with E-state index in [9.17, 15) is 9.90 Å². The van der Waals surface area contributed by atoms with Crippen LogP contribution in [0, 0.1) is 0 Å². The molecule has 2 rings (SSSR count). The molecule has 0 aliphatic heterocycles. The maximum absolute atomic E-state index is 11.7. The van der Waals surface area contributed by atoms with Crippen LogP contribution < -0.4 is 0 Å². The molecule has 0 aliphatic carbocycles. The summed E-state index contributed by atoms with van der Waals surface area (Å²) in [7, 11) is 0. The first-order chi connectivity index (χ1) is 11.5. The van der Waals surface area contributed by atoms with E-state index in [2.05, 4.69) is 10.1 Å². The van der Waals surface area contributed by atoms with E-state index >= 15 is 0 Å². The van der Waals surface area contributed by atoms with Crippen molar-refractivity contribution in [1.82, 2.24) is 14.8 Å². The molecular formula is C16H19Cl2N3O3. The van der Waals surface area contributed by atoms with Crippen molar-refractivity contribution in [3.8, 4) is 0 Å². The number of carbonyl (C=O) groups is 1. The molecule has 1 aromatic carbocycles. The molecule has 130 valence electrons. The Kier molecular flexibility index (Phi) is 7.02. The van der Waals surface area contributed by atoms with Gasteiger partial charge in [0.05, 0.1) is 29.3 Å². The quantitative estimate of drug-likeness (QED) is 0.721. The third-order valence-electron chi connectivity index (χ3n) is 3.47. The Labute approximate surface area is 150 Å². The van der Waals surface area contributed by atoms with Gasteiger partial charge < -0.3 is 9.84 Å². The smallest absolute Gasteiger partial charge is 0.376 e. The van der Waals surface area contributed by atoms with E-state index in [0.717, 1.165) is 12.0 Å². The Bertz CT molecular complexity index is 691. The molecule has 0 fully saturated rings. The highest BCUT2D eigenvalue weighted by atomic mass is 35.5. The summed E-state index contributed by atoms with van der Waals surface area (Å²) in [6, 6.07) is 5.50. The van der Waals surface area contributed by atoms with Crippen LogP contribution in [-0.2, 0) is 17.7 Å². The molecule has 0 radical (unpaired) electrons. The van der Waals surface area contributed by atoms with Gasteiger partial charge in [0.2, 0.25) is 5.82 Å². The minimum absolute atomic E-state index is 0.0915.